The molecule has 1 amide bonds. The molecule has 8 heteroatoms. The molecule has 5 rings (SSSR count). The number of imidazole rings is 1. The summed E-state index contributed by atoms with van der Waals surface area (Å²) in [5, 5.41) is 7.91. The van der Waals surface area contributed by atoms with Crippen molar-refractivity contribution >= 4 is 34.4 Å². The van der Waals surface area contributed by atoms with Gasteiger partial charge in [-0.05, 0) is 54.3 Å². The number of nitrogens with one attached hydrogen (secondary N) is 1. The maximum Gasteiger partial charge on any atom is 0.256 e. The number of rotatable bonds is 5. The van der Waals surface area contributed by atoms with Crippen LogP contribution in [0.25, 0.3) is 17.0 Å². The van der Waals surface area contributed by atoms with Gasteiger partial charge < -0.3 is 9.88 Å². The fourth-order valence-electron chi connectivity index (χ4n) is 4.27. The standard InChI is InChI=1S/C29H27ClFN5O/c1-18-16-26(33-27(37)19-12-14-20(15-13-19)29(2,3)4)36(34-18)28-32-24-10-5-6-11-25(24)35(28)17-21-22(30)8-7-9-23(21)31/h5-16H,17H2,1-4H3,(H,33,37). The summed E-state index contributed by atoms with van der Waals surface area (Å²) in [6.07, 6.45) is 0. The summed E-state index contributed by atoms with van der Waals surface area (Å²) >= 11 is 6.35. The van der Waals surface area contributed by atoms with E-state index >= 15 is 0 Å². The van der Waals surface area contributed by atoms with Crippen LogP contribution < -0.4 is 5.32 Å². The summed E-state index contributed by atoms with van der Waals surface area (Å²) in [7, 11) is 0. The van der Waals surface area contributed by atoms with Gasteiger partial charge in [0, 0.05) is 22.2 Å². The molecule has 0 radical (unpaired) electrons. The van der Waals surface area contributed by atoms with Gasteiger partial charge in [0.25, 0.3) is 5.91 Å². The van der Waals surface area contributed by atoms with Crippen LogP contribution >= 0.6 is 11.6 Å². The molecule has 0 unspecified atom stereocenters. The van der Waals surface area contributed by atoms with Crippen LogP contribution in [0.15, 0.2) is 72.8 Å². The lowest BCUT2D eigenvalue weighted by Gasteiger charge is -2.19. The highest BCUT2D eigenvalue weighted by molar-refractivity contribution is 6.31. The third kappa shape index (κ3) is 4.87. The van der Waals surface area contributed by atoms with Gasteiger partial charge in [0.05, 0.1) is 23.3 Å². The minimum atomic E-state index is -0.403. The van der Waals surface area contributed by atoms with Crippen molar-refractivity contribution in [3.8, 4) is 5.95 Å². The first-order chi connectivity index (χ1) is 17.6. The van der Waals surface area contributed by atoms with Crippen molar-refractivity contribution in [3.63, 3.8) is 0 Å². The largest absolute Gasteiger partial charge is 0.306 e. The second-order valence-electron chi connectivity index (χ2n) is 10.1. The molecule has 3 aromatic carbocycles. The van der Waals surface area contributed by atoms with Crippen LogP contribution in [-0.4, -0.2) is 25.2 Å². The molecule has 0 fully saturated rings. The summed E-state index contributed by atoms with van der Waals surface area (Å²) in [5.41, 5.74) is 4.22. The Labute approximate surface area is 219 Å². The molecular formula is C29H27ClFN5O. The molecule has 0 bridgehead atoms. The summed E-state index contributed by atoms with van der Waals surface area (Å²) < 4.78 is 18.1. The fraction of sp³-hybridized carbons (Fsp3) is 0.207. The molecular weight excluding hydrogens is 489 g/mol. The second-order valence-corrected chi connectivity index (χ2v) is 10.5. The summed E-state index contributed by atoms with van der Waals surface area (Å²) in [6, 6.07) is 21.5. The number of nitrogens with zero attached hydrogens (tertiary/aromatic N) is 4. The number of benzene rings is 3. The predicted molar refractivity (Wildman–Crippen MR) is 145 cm³/mol. The van der Waals surface area contributed by atoms with E-state index in [2.05, 4.69) is 31.2 Å². The predicted octanol–water partition coefficient (Wildman–Crippen LogP) is 6.92. The van der Waals surface area contributed by atoms with E-state index in [1.54, 1.807) is 22.9 Å². The van der Waals surface area contributed by atoms with Gasteiger partial charge >= 0.3 is 0 Å². The lowest BCUT2D eigenvalue weighted by molar-refractivity contribution is 0.102. The molecule has 0 aliphatic carbocycles. The molecule has 1 N–H and O–H groups in total. The first-order valence-corrected chi connectivity index (χ1v) is 12.4. The zero-order chi connectivity index (χ0) is 26.3. The maximum atomic E-state index is 14.7. The summed E-state index contributed by atoms with van der Waals surface area (Å²) in [4.78, 5) is 17.9. The lowest BCUT2D eigenvalue weighted by Crippen LogP contribution is -2.18. The van der Waals surface area contributed by atoms with Crippen LogP contribution in [0.3, 0.4) is 0 Å². The highest BCUT2D eigenvalue weighted by atomic mass is 35.5. The number of fused-ring (bicyclic) bond motifs is 1. The number of carbonyl (C=O) groups is 1. The van der Waals surface area contributed by atoms with E-state index in [0.717, 1.165) is 11.1 Å². The Balaban J connectivity index is 1.55. The molecule has 6 nitrogen and oxygen atoms in total. The van der Waals surface area contributed by atoms with Crippen molar-refractivity contribution in [2.24, 2.45) is 0 Å². The van der Waals surface area contributed by atoms with E-state index in [9.17, 15) is 9.18 Å². The van der Waals surface area contributed by atoms with Crippen molar-refractivity contribution in [2.75, 3.05) is 5.32 Å². The Morgan fingerprint density at radius 1 is 1.03 bits per heavy atom. The molecule has 0 spiro atoms. The zero-order valence-corrected chi connectivity index (χ0v) is 21.8. The second kappa shape index (κ2) is 9.48. The van der Waals surface area contributed by atoms with Crippen LogP contribution in [0.5, 0.6) is 0 Å². The van der Waals surface area contributed by atoms with E-state index in [1.165, 1.54) is 6.07 Å². The third-order valence-corrected chi connectivity index (χ3v) is 6.64. The topological polar surface area (TPSA) is 64.7 Å². The van der Waals surface area contributed by atoms with Crippen molar-refractivity contribution < 1.29 is 9.18 Å². The number of hydrogen-bond donors (Lipinski definition) is 1. The number of hydrogen-bond acceptors (Lipinski definition) is 3. The molecule has 0 aliphatic rings. The zero-order valence-electron chi connectivity index (χ0n) is 21.1. The third-order valence-electron chi connectivity index (χ3n) is 6.29. The first-order valence-electron chi connectivity index (χ1n) is 12.0. The van der Waals surface area contributed by atoms with Crippen LogP contribution in [0, 0.1) is 12.7 Å². The monoisotopic (exact) mass is 515 g/mol. The van der Waals surface area contributed by atoms with Crippen LogP contribution in [0.4, 0.5) is 10.2 Å². The van der Waals surface area contributed by atoms with E-state index < -0.39 is 5.82 Å². The number of anilines is 1. The average Bonchev–Trinajstić information content (AvgIpc) is 3.40. The van der Waals surface area contributed by atoms with Crippen LogP contribution in [-0.2, 0) is 12.0 Å². The van der Waals surface area contributed by atoms with Gasteiger partial charge in [-0.15, -0.1) is 0 Å². The molecule has 2 heterocycles. The minimum absolute atomic E-state index is 0.00898. The van der Waals surface area contributed by atoms with Gasteiger partial charge in [0.1, 0.15) is 11.6 Å². The van der Waals surface area contributed by atoms with Crippen LogP contribution in [0.2, 0.25) is 5.02 Å². The number of para-hydroxylation sites is 2. The minimum Gasteiger partial charge on any atom is -0.306 e. The van der Waals surface area contributed by atoms with Gasteiger partial charge in [-0.1, -0.05) is 62.7 Å². The van der Waals surface area contributed by atoms with Gasteiger partial charge in [0.15, 0.2) is 0 Å². The molecule has 0 saturated heterocycles. The smallest absolute Gasteiger partial charge is 0.256 e. The Morgan fingerprint density at radius 3 is 2.46 bits per heavy atom. The Hall–Kier alpha value is -3.97. The Morgan fingerprint density at radius 2 is 1.76 bits per heavy atom. The highest BCUT2D eigenvalue weighted by Crippen LogP contribution is 2.28. The highest BCUT2D eigenvalue weighted by Gasteiger charge is 2.21. The molecule has 2 aromatic heterocycles. The van der Waals surface area contributed by atoms with E-state index in [-0.39, 0.29) is 17.9 Å². The molecule has 0 atom stereocenters. The molecule has 37 heavy (non-hydrogen) atoms. The number of halogens is 2. The maximum absolute atomic E-state index is 14.7. The van der Waals surface area contributed by atoms with Crippen molar-refractivity contribution in [3.05, 3.63) is 106 Å². The molecule has 0 aliphatic heterocycles. The quantitative estimate of drug-likeness (QED) is 0.276. The lowest BCUT2D eigenvalue weighted by atomic mass is 9.87. The van der Waals surface area contributed by atoms with Gasteiger partial charge in [-0.25, -0.2) is 9.37 Å². The van der Waals surface area contributed by atoms with E-state index in [4.69, 9.17) is 16.6 Å². The van der Waals surface area contributed by atoms with Crippen LogP contribution in [0.1, 0.15) is 48.0 Å². The Kier molecular flexibility index (Phi) is 6.33. The molecule has 188 valence electrons. The SMILES string of the molecule is Cc1cc(NC(=O)c2ccc(C(C)(C)C)cc2)n(-c2nc3ccccc3n2Cc2c(F)cccc2Cl)n1. The van der Waals surface area contributed by atoms with Gasteiger partial charge in [-0.2, -0.15) is 9.78 Å². The fourth-order valence-corrected chi connectivity index (χ4v) is 4.50. The first kappa shape index (κ1) is 24.7. The van der Waals surface area contributed by atoms with Crippen molar-refractivity contribution in [1.82, 2.24) is 19.3 Å². The number of amides is 1. The van der Waals surface area contributed by atoms with E-state index in [0.29, 0.717) is 39.1 Å². The molecule has 0 saturated carbocycles. The Bertz CT molecular complexity index is 1590. The number of carbonyl (C=O) groups excluding carboxylic acids is 1. The number of aryl methyl sites for hydroxylation is 1. The average molecular weight is 516 g/mol. The molecule has 5 aromatic rings. The summed E-state index contributed by atoms with van der Waals surface area (Å²) in [6.45, 7) is 8.37. The van der Waals surface area contributed by atoms with Crippen molar-refractivity contribution in [1.29, 1.82) is 0 Å². The van der Waals surface area contributed by atoms with Gasteiger partial charge in [-0.3, -0.25) is 4.79 Å². The van der Waals surface area contributed by atoms with Gasteiger partial charge in [0.2, 0.25) is 5.95 Å². The van der Waals surface area contributed by atoms with Crippen molar-refractivity contribution in [2.45, 2.75) is 39.7 Å². The normalized spacial score (nSPS) is 11.7. The van der Waals surface area contributed by atoms with E-state index in [1.807, 2.05) is 60.0 Å². The number of aromatic nitrogens is 4. The summed E-state index contributed by atoms with van der Waals surface area (Å²) in [5.74, 6) is 0.229.